The highest BCUT2D eigenvalue weighted by atomic mass is 16.5. The average molecular weight is 292 g/mol. The Bertz CT molecular complexity index is 461. The zero-order valence-electron chi connectivity index (χ0n) is 12.8. The molecule has 0 fully saturated rings. The Morgan fingerprint density at radius 1 is 1.10 bits per heavy atom. The van der Waals surface area contributed by atoms with E-state index in [2.05, 4.69) is 24.7 Å². The van der Waals surface area contributed by atoms with Crippen LogP contribution in [-0.2, 0) is 16.0 Å². The largest absolute Gasteiger partial charge is 0.484 e. The van der Waals surface area contributed by atoms with Gasteiger partial charge in [0.1, 0.15) is 5.75 Å². The van der Waals surface area contributed by atoms with Crippen molar-refractivity contribution >= 4 is 11.8 Å². The molecule has 1 rings (SSSR count). The molecule has 0 aliphatic rings. The molecule has 0 aromatic heterocycles. The fourth-order valence-corrected chi connectivity index (χ4v) is 1.78. The van der Waals surface area contributed by atoms with Gasteiger partial charge in [-0.15, -0.1) is 0 Å². The summed E-state index contributed by atoms with van der Waals surface area (Å²) in [6.45, 7) is 4.01. The Kier molecular flexibility index (Phi) is 7.94. The third-order valence-corrected chi connectivity index (χ3v) is 3.03. The fourth-order valence-electron chi connectivity index (χ4n) is 1.78. The van der Waals surface area contributed by atoms with Gasteiger partial charge in [-0.3, -0.25) is 20.4 Å². The molecule has 0 radical (unpaired) electrons. The van der Waals surface area contributed by atoms with Gasteiger partial charge in [0.15, 0.2) is 6.61 Å². The van der Waals surface area contributed by atoms with Crippen molar-refractivity contribution in [1.29, 1.82) is 0 Å². The van der Waals surface area contributed by atoms with Gasteiger partial charge in [-0.2, -0.15) is 0 Å². The van der Waals surface area contributed by atoms with Crippen LogP contribution in [0.5, 0.6) is 5.75 Å². The maximum Gasteiger partial charge on any atom is 0.276 e. The molecular formula is C16H24N2O3. The maximum atomic E-state index is 11.6. The van der Waals surface area contributed by atoms with E-state index in [-0.39, 0.29) is 18.4 Å². The SMILES string of the molecule is CCCCCC(=O)NNC(=O)COc1cccc(CC)c1. The van der Waals surface area contributed by atoms with Gasteiger partial charge in [0, 0.05) is 6.42 Å². The Labute approximate surface area is 126 Å². The second kappa shape index (κ2) is 9.80. The van der Waals surface area contributed by atoms with E-state index < -0.39 is 0 Å². The van der Waals surface area contributed by atoms with Crippen molar-refractivity contribution in [3.63, 3.8) is 0 Å². The highest BCUT2D eigenvalue weighted by Gasteiger charge is 2.05. The third kappa shape index (κ3) is 7.34. The first-order chi connectivity index (χ1) is 10.2. The molecule has 2 N–H and O–H groups in total. The smallest absolute Gasteiger partial charge is 0.276 e. The van der Waals surface area contributed by atoms with E-state index in [0.29, 0.717) is 12.2 Å². The van der Waals surface area contributed by atoms with Crippen molar-refractivity contribution in [1.82, 2.24) is 10.9 Å². The van der Waals surface area contributed by atoms with Crippen LogP contribution < -0.4 is 15.6 Å². The summed E-state index contributed by atoms with van der Waals surface area (Å²) in [5, 5.41) is 0. The quantitative estimate of drug-likeness (QED) is 0.571. The first-order valence-electron chi connectivity index (χ1n) is 7.45. The number of hydrogen-bond donors (Lipinski definition) is 2. The van der Waals surface area contributed by atoms with E-state index >= 15 is 0 Å². The van der Waals surface area contributed by atoms with Gasteiger partial charge in [0.25, 0.3) is 5.91 Å². The highest BCUT2D eigenvalue weighted by Crippen LogP contribution is 2.13. The molecule has 0 saturated heterocycles. The lowest BCUT2D eigenvalue weighted by Crippen LogP contribution is -2.43. The Hall–Kier alpha value is -2.04. The number of hydrogen-bond acceptors (Lipinski definition) is 3. The molecule has 1 aromatic rings. The minimum atomic E-state index is -0.374. The van der Waals surface area contributed by atoms with E-state index in [1.807, 2.05) is 18.2 Å². The van der Waals surface area contributed by atoms with Crippen molar-refractivity contribution < 1.29 is 14.3 Å². The predicted molar refractivity (Wildman–Crippen MR) is 81.7 cm³/mol. The van der Waals surface area contributed by atoms with E-state index in [4.69, 9.17) is 4.74 Å². The average Bonchev–Trinajstić information content (AvgIpc) is 2.51. The molecule has 5 heteroatoms. The summed E-state index contributed by atoms with van der Waals surface area (Å²) in [5.41, 5.74) is 5.88. The molecule has 0 saturated carbocycles. The van der Waals surface area contributed by atoms with E-state index in [9.17, 15) is 9.59 Å². The van der Waals surface area contributed by atoms with Crippen molar-refractivity contribution in [3.05, 3.63) is 29.8 Å². The van der Waals surface area contributed by atoms with Gasteiger partial charge in [-0.05, 0) is 30.5 Å². The Morgan fingerprint density at radius 2 is 1.86 bits per heavy atom. The summed E-state index contributed by atoms with van der Waals surface area (Å²) in [4.78, 5) is 23.0. The number of amides is 2. The topological polar surface area (TPSA) is 67.4 Å². The molecule has 0 unspecified atom stereocenters. The van der Waals surface area contributed by atoms with Crippen LogP contribution in [0.15, 0.2) is 24.3 Å². The number of unbranched alkanes of at least 4 members (excludes halogenated alkanes) is 2. The molecule has 0 heterocycles. The molecule has 5 nitrogen and oxygen atoms in total. The monoisotopic (exact) mass is 292 g/mol. The van der Waals surface area contributed by atoms with Crippen LogP contribution in [0.3, 0.4) is 0 Å². The number of rotatable bonds is 8. The number of benzene rings is 1. The summed E-state index contributed by atoms with van der Waals surface area (Å²) >= 11 is 0. The molecule has 21 heavy (non-hydrogen) atoms. The summed E-state index contributed by atoms with van der Waals surface area (Å²) in [5.74, 6) is 0.101. The third-order valence-electron chi connectivity index (χ3n) is 3.03. The van der Waals surface area contributed by atoms with Gasteiger partial charge in [0.05, 0.1) is 0 Å². The number of nitrogens with one attached hydrogen (secondary N) is 2. The molecule has 0 atom stereocenters. The van der Waals surface area contributed by atoms with Crippen LogP contribution >= 0.6 is 0 Å². The van der Waals surface area contributed by atoms with Gasteiger partial charge >= 0.3 is 0 Å². The van der Waals surface area contributed by atoms with Gasteiger partial charge in [-0.1, -0.05) is 38.8 Å². The van der Waals surface area contributed by atoms with Gasteiger partial charge in [0.2, 0.25) is 5.91 Å². The molecular weight excluding hydrogens is 268 g/mol. The summed E-state index contributed by atoms with van der Waals surface area (Å²) < 4.78 is 5.38. The number of hydrazine groups is 1. The minimum Gasteiger partial charge on any atom is -0.484 e. The van der Waals surface area contributed by atoms with E-state index in [1.54, 1.807) is 6.07 Å². The summed E-state index contributed by atoms with van der Waals surface area (Å²) in [6.07, 6.45) is 4.24. The predicted octanol–water partition coefficient (Wildman–Crippen LogP) is 2.36. The molecule has 0 aliphatic carbocycles. The zero-order valence-corrected chi connectivity index (χ0v) is 12.8. The highest BCUT2D eigenvalue weighted by molar-refractivity contribution is 5.82. The minimum absolute atomic E-state index is 0.123. The fraction of sp³-hybridized carbons (Fsp3) is 0.500. The molecule has 116 valence electrons. The zero-order chi connectivity index (χ0) is 15.5. The lowest BCUT2D eigenvalue weighted by Gasteiger charge is -2.09. The first-order valence-corrected chi connectivity index (χ1v) is 7.45. The summed E-state index contributed by atoms with van der Waals surface area (Å²) in [6, 6.07) is 7.59. The Morgan fingerprint density at radius 3 is 2.57 bits per heavy atom. The van der Waals surface area contributed by atoms with Crippen molar-refractivity contribution in [2.75, 3.05) is 6.61 Å². The van der Waals surface area contributed by atoms with E-state index in [1.165, 1.54) is 0 Å². The van der Waals surface area contributed by atoms with Crippen molar-refractivity contribution in [2.24, 2.45) is 0 Å². The molecule has 0 bridgehead atoms. The van der Waals surface area contributed by atoms with Crippen molar-refractivity contribution in [2.45, 2.75) is 46.0 Å². The molecule has 1 aromatic carbocycles. The van der Waals surface area contributed by atoms with Crippen LogP contribution in [0.1, 0.15) is 45.1 Å². The standard InChI is InChI=1S/C16H24N2O3/c1-3-5-6-10-15(19)17-18-16(20)12-21-14-9-7-8-13(4-2)11-14/h7-9,11H,3-6,10,12H2,1-2H3,(H,17,19)(H,18,20). The second-order valence-corrected chi connectivity index (χ2v) is 4.84. The number of carbonyl (C=O) groups is 2. The van der Waals surface area contributed by atoms with Gasteiger partial charge < -0.3 is 4.74 Å². The first kappa shape index (κ1) is 17.0. The number of aryl methyl sites for hydroxylation is 1. The lowest BCUT2D eigenvalue weighted by atomic mass is 10.2. The Balaban J connectivity index is 2.23. The molecule has 0 aliphatic heterocycles. The van der Waals surface area contributed by atoms with Crippen LogP contribution in [0, 0.1) is 0 Å². The molecule has 2 amide bonds. The number of carbonyl (C=O) groups excluding carboxylic acids is 2. The maximum absolute atomic E-state index is 11.6. The van der Waals surface area contributed by atoms with Crippen LogP contribution in [-0.4, -0.2) is 18.4 Å². The summed E-state index contributed by atoms with van der Waals surface area (Å²) in [7, 11) is 0. The number of ether oxygens (including phenoxy) is 1. The van der Waals surface area contributed by atoms with Crippen LogP contribution in [0.25, 0.3) is 0 Å². The van der Waals surface area contributed by atoms with Crippen LogP contribution in [0.4, 0.5) is 0 Å². The van der Waals surface area contributed by atoms with Gasteiger partial charge in [-0.25, -0.2) is 0 Å². The lowest BCUT2D eigenvalue weighted by molar-refractivity contribution is -0.130. The normalized spacial score (nSPS) is 10.0. The van der Waals surface area contributed by atoms with Crippen LogP contribution in [0.2, 0.25) is 0 Å². The van der Waals surface area contributed by atoms with Crippen molar-refractivity contribution in [3.8, 4) is 5.75 Å². The van der Waals surface area contributed by atoms with E-state index in [0.717, 1.165) is 31.2 Å². The second-order valence-electron chi connectivity index (χ2n) is 4.84. The molecule has 0 spiro atoms.